The quantitative estimate of drug-likeness (QED) is 0.473. The first kappa shape index (κ1) is 20.3. The number of anilines is 1. The Morgan fingerprint density at radius 2 is 1.97 bits per heavy atom. The van der Waals surface area contributed by atoms with Gasteiger partial charge in [0.2, 0.25) is 0 Å². The highest BCUT2D eigenvalue weighted by Crippen LogP contribution is 2.38. The molecular weight excluding hydrogens is 410 g/mol. The van der Waals surface area contributed by atoms with Gasteiger partial charge in [-0.05, 0) is 17.7 Å². The number of nitrogens with one attached hydrogen (secondary N) is 1. The average Bonchev–Trinajstić information content (AvgIpc) is 3.40. The minimum Gasteiger partial charge on any atom is -0.484 e. The fourth-order valence-electron chi connectivity index (χ4n) is 3.00. The van der Waals surface area contributed by atoms with Crippen LogP contribution in [0.15, 0.2) is 67.0 Å². The summed E-state index contributed by atoms with van der Waals surface area (Å²) >= 11 is 1.37. The summed E-state index contributed by atoms with van der Waals surface area (Å²) in [7, 11) is 1.92. The molecule has 2 aromatic heterocycles. The lowest BCUT2D eigenvalue weighted by Gasteiger charge is -2.06. The molecule has 0 saturated carbocycles. The van der Waals surface area contributed by atoms with E-state index in [4.69, 9.17) is 10.00 Å². The highest BCUT2D eigenvalue weighted by Gasteiger charge is 2.19. The molecule has 0 bridgehead atoms. The number of rotatable bonds is 7. The number of nitriles is 1. The zero-order valence-electron chi connectivity index (χ0n) is 16.8. The number of carbonyl (C=O) groups excluding carboxylic acids is 1. The van der Waals surface area contributed by atoms with Crippen molar-refractivity contribution >= 4 is 22.4 Å². The summed E-state index contributed by atoms with van der Waals surface area (Å²) in [5, 5.41) is 12.0. The Hall–Kier alpha value is -3.96. The van der Waals surface area contributed by atoms with Gasteiger partial charge in [-0.2, -0.15) is 5.26 Å². The first-order valence-corrected chi connectivity index (χ1v) is 10.4. The van der Waals surface area contributed by atoms with Crippen molar-refractivity contribution in [1.29, 1.82) is 5.26 Å². The maximum Gasteiger partial charge on any atom is 0.264 e. The lowest BCUT2D eigenvalue weighted by Crippen LogP contribution is -2.20. The number of aryl methyl sites for hydroxylation is 1. The molecule has 1 N–H and O–H groups in total. The van der Waals surface area contributed by atoms with E-state index in [0.29, 0.717) is 17.3 Å². The second kappa shape index (κ2) is 9.24. The molecule has 4 aromatic rings. The van der Waals surface area contributed by atoms with Gasteiger partial charge in [0.15, 0.2) is 17.6 Å². The van der Waals surface area contributed by atoms with Gasteiger partial charge in [0, 0.05) is 25.0 Å². The third-order valence-electron chi connectivity index (χ3n) is 4.52. The smallest absolute Gasteiger partial charge is 0.264 e. The zero-order valence-corrected chi connectivity index (χ0v) is 17.6. The van der Waals surface area contributed by atoms with Crippen LogP contribution >= 0.6 is 11.3 Å². The van der Waals surface area contributed by atoms with Gasteiger partial charge < -0.3 is 9.30 Å². The summed E-state index contributed by atoms with van der Waals surface area (Å²) in [6.45, 7) is -0.143. The van der Waals surface area contributed by atoms with Crippen molar-refractivity contribution in [3.8, 4) is 33.8 Å². The summed E-state index contributed by atoms with van der Waals surface area (Å²) in [5.41, 5.74) is 2.62. The zero-order chi connectivity index (χ0) is 21.6. The van der Waals surface area contributed by atoms with E-state index >= 15 is 0 Å². The van der Waals surface area contributed by atoms with Crippen LogP contribution in [0, 0.1) is 11.3 Å². The largest absolute Gasteiger partial charge is 0.484 e. The fraction of sp³-hybridized carbons (Fsp3) is 0.130. The molecule has 31 heavy (non-hydrogen) atoms. The van der Waals surface area contributed by atoms with E-state index in [1.165, 1.54) is 11.3 Å². The Morgan fingerprint density at radius 1 is 1.19 bits per heavy atom. The third-order valence-corrected chi connectivity index (χ3v) is 5.49. The predicted octanol–water partition coefficient (Wildman–Crippen LogP) is 4.29. The van der Waals surface area contributed by atoms with Gasteiger partial charge in [0.25, 0.3) is 5.91 Å². The number of hydrogen-bond donors (Lipinski definition) is 1. The normalized spacial score (nSPS) is 10.5. The van der Waals surface area contributed by atoms with Crippen molar-refractivity contribution in [2.24, 2.45) is 7.05 Å². The topological polar surface area (TPSA) is 92.8 Å². The number of benzene rings is 2. The Balaban J connectivity index is 1.49. The Labute approximate surface area is 183 Å². The number of nitrogens with zero attached hydrogens (tertiary/aromatic N) is 4. The lowest BCUT2D eigenvalue weighted by molar-refractivity contribution is -0.118. The van der Waals surface area contributed by atoms with Gasteiger partial charge in [-0.25, -0.2) is 9.97 Å². The third kappa shape index (κ3) is 4.79. The van der Waals surface area contributed by atoms with Crippen LogP contribution in [0.5, 0.6) is 5.75 Å². The number of ether oxygens (including phenoxy) is 1. The highest BCUT2D eigenvalue weighted by molar-refractivity contribution is 7.19. The van der Waals surface area contributed by atoms with Crippen molar-refractivity contribution in [2.75, 3.05) is 11.9 Å². The molecule has 154 valence electrons. The minimum absolute atomic E-state index is 0.143. The molecule has 0 radical (unpaired) electrons. The number of amides is 1. The summed E-state index contributed by atoms with van der Waals surface area (Å²) in [6, 6.07) is 19.0. The fourth-order valence-corrected chi connectivity index (χ4v) is 4.04. The van der Waals surface area contributed by atoms with Crippen molar-refractivity contribution in [2.45, 2.75) is 6.42 Å². The number of carbonyl (C=O) groups is 1. The van der Waals surface area contributed by atoms with Crippen LogP contribution in [-0.2, 0) is 18.3 Å². The molecule has 0 atom stereocenters. The van der Waals surface area contributed by atoms with Gasteiger partial charge >= 0.3 is 0 Å². The molecule has 0 spiro atoms. The maximum atomic E-state index is 12.4. The first-order chi connectivity index (χ1) is 15.1. The molecule has 0 saturated heterocycles. The molecule has 1 amide bonds. The molecular formula is C23H19N5O2S. The van der Waals surface area contributed by atoms with Crippen LogP contribution in [0.25, 0.3) is 22.0 Å². The highest BCUT2D eigenvalue weighted by atomic mass is 32.1. The molecule has 0 aliphatic carbocycles. The van der Waals surface area contributed by atoms with E-state index in [9.17, 15) is 4.79 Å². The Bertz CT molecular complexity index is 1220. The van der Waals surface area contributed by atoms with Crippen LogP contribution in [0.1, 0.15) is 5.56 Å². The van der Waals surface area contributed by atoms with Gasteiger partial charge in [-0.1, -0.05) is 53.8 Å². The SMILES string of the molecule is Cn1ccnc1-c1sc(NC(=O)COc2ccc(CC#N)cc2)nc1-c1ccccc1. The Morgan fingerprint density at radius 3 is 2.65 bits per heavy atom. The van der Waals surface area contributed by atoms with Crippen molar-refractivity contribution in [3.63, 3.8) is 0 Å². The predicted molar refractivity (Wildman–Crippen MR) is 120 cm³/mol. The van der Waals surface area contributed by atoms with E-state index in [1.807, 2.05) is 60.3 Å². The van der Waals surface area contributed by atoms with Crippen molar-refractivity contribution in [3.05, 3.63) is 72.6 Å². The van der Waals surface area contributed by atoms with Crippen LogP contribution < -0.4 is 10.1 Å². The van der Waals surface area contributed by atoms with Crippen LogP contribution in [0.3, 0.4) is 0 Å². The number of aromatic nitrogens is 3. The lowest BCUT2D eigenvalue weighted by atomic mass is 10.1. The minimum atomic E-state index is -0.305. The summed E-state index contributed by atoms with van der Waals surface area (Å²) in [5.74, 6) is 1.04. The molecule has 0 unspecified atom stereocenters. The molecule has 0 aliphatic heterocycles. The van der Waals surface area contributed by atoms with Gasteiger partial charge in [-0.3, -0.25) is 10.1 Å². The average molecular weight is 430 g/mol. The number of imidazole rings is 1. The second-order valence-corrected chi connectivity index (χ2v) is 7.74. The Kier molecular flexibility index (Phi) is 6.05. The number of hydrogen-bond acceptors (Lipinski definition) is 6. The molecule has 4 rings (SSSR count). The number of thiazole rings is 1. The van der Waals surface area contributed by atoms with Gasteiger partial charge in [-0.15, -0.1) is 0 Å². The second-order valence-electron chi connectivity index (χ2n) is 6.74. The maximum absolute atomic E-state index is 12.4. The molecule has 0 fully saturated rings. The van der Waals surface area contributed by atoms with E-state index in [1.54, 1.807) is 18.3 Å². The first-order valence-electron chi connectivity index (χ1n) is 9.56. The molecule has 7 nitrogen and oxygen atoms in total. The summed E-state index contributed by atoms with van der Waals surface area (Å²) in [6.07, 6.45) is 3.95. The summed E-state index contributed by atoms with van der Waals surface area (Å²) in [4.78, 5) is 22.4. The van der Waals surface area contributed by atoms with E-state index in [2.05, 4.69) is 21.4 Å². The molecule has 8 heteroatoms. The van der Waals surface area contributed by atoms with Gasteiger partial charge in [0.05, 0.1) is 23.1 Å². The monoisotopic (exact) mass is 429 g/mol. The van der Waals surface area contributed by atoms with E-state index in [0.717, 1.165) is 27.5 Å². The molecule has 2 heterocycles. The van der Waals surface area contributed by atoms with Gasteiger partial charge in [0.1, 0.15) is 5.75 Å². The van der Waals surface area contributed by atoms with Crippen LogP contribution in [-0.4, -0.2) is 27.0 Å². The standard InChI is InChI=1S/C23H19N5O2S/c1-28-14-13-25-22(28)21-20(17-5-3-2-4-6-17)27-23(31-21)26-19(29)15-30-18-9-7-16(8-10-18)11-12-24/h2-10,13-14H,11,15H2,1H3,(H,26,27,29). The van der Waals surface area contributed by atoms with Crippen LogP contribution in [0.2, 0.25) is 0 Å². The van der Waals surface area contributed by atoms with Crippen molar-refractivity contribution < 1.29 is 9.53 Å². The van der Waals surface area contributed by atoms with E-state index < -0.39 is 0 Å². The van der Waals surface area contributed by atoms with E-state index in [-0.39, 0.29) is 12.5 Å². The summed E-state index contributed by atoms with van der Waals surface area (Å²) < 4.78 is 7.47. The van der Waals surface area contributed by atoms with Crippen molar-refractivity contribution in [1.82, 2.24) is 14.5 Å². The molecule has 2 aromatic carbocycles. The van der Waals surface area contributed by atoms with Crippen LogP contribution in [0.4, 0.5) is 5.13 Å². The molecule has 0 aliphatic rings.